The second-order valence-electron chi connectivity index (χ2n) is 3.82. The van der Waals surface area contributed by atoms with E-state index >= 15 is 0 Å². The van der Waals surface area contributed by atoms with E-state index < -0.39 is 11.6 Å². The van der Waals surface area contributed by atoms with E-state index in [4.69, 9.17) is 5.73 Å². The number of hydrogen-bond donors (Lipinski definition) is 1. The van der Waals surface area contributed by atoms with Gasteiger partial charge in [0.25, 0.3) is 0 Å². The Morgan fingerprint density at radius 1 is 1.40 bits per heavy atom. The van der Waals surface area contributed by atoms with Crippen molar-refractivity contribution in [3.8, 4) is 0 Å². The van der Waals surface area contributed by atoms with Crippen LogP contribution in [0.3, 0.4) is 0 Å². The lowest BCUT2D eigenvalue weighted by Gasteiger charge is -2.09. The molecule has 0 saturated carbocycles. The first-order valence-electron chi connectivity index (χ1n) is 5.33. The Bertz CT molecular complexity index is 317. The molecule has 0 spiro atoms. The topological polar surface area (TPSA) is 26.0 Å². The number of benzene rings is 1. The molecule has 15 heavy (non-hydrogen) atoms. The van der Waals surface area contributed by atoms with Gasteiger partial charge in [0.05, 0.1) is 0 Å². The number of hydrogen-bond acceptors (Lipinski definition) is 1. The molecule has 0 radical (unpaired) electrons. The van der Waals surface area contributed by atoms with Crippen LogP contribution in [-0.4, -0.2) is 15.2 Å². The highest BCUT2D eigenvalue weighted by molar-refractivity contribution is 6.37. The third-order valence-electron chi connectivity index (χ3n) is 2.46. The Balaban J connectivity index is 2.50. The minimum Gasteiger partial charge on any atom is -0.331 e. The molecule has 0 bridgehead atoms. The van der Waals surface area contributed by atoms with Gasteiger partial charge in [-0.25, -0.2) is 8.78 Å². The number of aryl methyl sites for hydroxylation is 1. The van der Waals surface area contributed by atoms with Gasteiger partial charge in [-0.1, -0.05) is 19.0 Å². The highest BCUT2D eigenvalue weighted by atomic mass is 28.2. The fourth-order valence-electron chi connectivity index (χ4n) is 1.58. The summed E-state index contributed by atoms with van der Waals surface area (Å²) in [6.07, 6.45) is 1.42. The molecule has 0 aromatic heterocycles. The second kappa shape index (κ2) is 5.98. The summed E-state index contributed by atoms with van der Waals surface area (Å²) in [6.45, 7) is 2.13. The highest BCUT2D eigenvalue weighted by Gasteiger charge is 2.06. The van der Waals surface area contributed by atoms with Crippen LogP contribution in [0.1, 0.15) is 18.9 Å². The van der Waals surface area contributed by atoms with Crippen LogP contribution in [0, 0.1) is 11.6 Å². The molecule has 0 aliphatic carbocycles. The lowest BCUT2D eigenvalue weighted by molar-refractivity contribution is 0.568. The average Bonchev–Trinajstić information content (AvgIpc) is 2.17. The van der Waals surface area contributed by atoms with Gasteiger partial charge >= 0.3 is 0 Å². The molecule has 0 aliphatic rings. The van der Waals surface area contributed by atoms with E-state index in [0.29, 0.717) is 12.0 Å². The van der Waals surface area contributed by atoms with Crippen LogP contribution in [0.25, 0.3) is 0 Å². The maximum atomic E-state index is 13.2. The van der Waals surface area contributed by atoms with E-state index in [-0.39, 0.29) is 15.2 Å². The van der Waals surface area contributed by atoms with Crippen molar-refractivity contribution in [3.05, 3.63) is 35.4 Å². The molecule has 4 heteroatoms. The molecule has 1 aromatic carbocycles. The van der Waals surface area contributed by atoms with E-state index in [1.54, 1.807) is 0 Å². The first-order chi connectivity index (χ1) is 7.13. The molecule has 1 unspecified atom stereocenters. The van der Waals surface area contributed by atoms with Crippen molar-refractivity contribution in [2.75, 3.05) is 0 Å². The Hall–Kier alpha value is -0.743. The van der Waals surface area contributed by atoms with Gasteiger partial charge in [-0.3, -0.25) is 0 Å². The minimum atomic E-state index is -0.525. The van der Waals surface area contributed by atoms with Gasteiger partial charge in [0.15, 0.2) is 0 Å². The van der Waals surface area contributed by atoms with Crippen LogP contribution in [0.15, 0.2) is 18.2 Å². The summed E-state index contributed by atoms with van der Waals surface area (Å²) >= 11 is 0. The summed E-state index contributed by atoms with van der Waals surface area (Å²) in [5.74, 6) is -0.983. The standard InChI is InChI=1S/C11H17F2NSi/c1-2-15-11(14)6-4-8-3-5-9(12)7-10(8)13/h3,5,7,11H,2,4,6,14-15H2,1H3. The molecule has 0 amide bonds. The Labute approximate surface area is 91.5 Å². The largest absolute Gasteiger partial charge is 0.331 e. The summed E-state index contributed by atoms with van der Waals surface area (Å²) in [7, 11) is -0.209. The Kier molecular flexibility index (Phi) is 4.91. The van der Waals surface area contributed by atoms with E-state index in [1.807, 2.05) is 0 Å². The third-order valence-corrected chi connectivity index (χ3v) is 4.19. The van der Waals surface area contributed by atoms with E-state index in [0.717, 1.165) is 12.5 Å². The average molecular weight is 229 g/mol. The Morgan fingerprint density at radius 2 is 2.13 bits per heavy atom. The van der Waals surface area contributed by atoms with Crippen molar-refractivity contribution in [2.45, 2.75) is 31.5 Å². The molecular weight excluding hydrogens is 212 g/mol. The van der Waals surface area contributed by atoms with Gasteiger partial charge in [-0.15, -0.1) is 0 Å². The van der Waals surface area contributed by atoms with Gasteiger partial charge < -0.3 is 5.73 Å². The summed E-state index contributed by atoms with van der Waals surface area (Å²) in [6, 6.07) is 4.90. The van der Waals surface area contributed by atoms with Crippen molar-refractivity contribution >= 4 is 9.52 Å². The maximum absolute atomic E-state index is 13.2. The minimum absolute atomic E-state index is 0.209. The first kappa shape index (κ1) is 12.3. The highest BCUT2D eigenvalue weighted by Crippen LogP contribution is 2.12. The van der Waals surface area contributed by atoms with Crippen LogP contribution in [-0.2, 0) is 6.42 Å². The quantitative estimate of drug-likeness (QED) is 0.765. The summed E-state index contributed by atoms with van der Waals surface area (Å²) in [5, 5.41) is 0. The van der Waals surface area contributed by atoms with Gasteiger partial charge in [0, 0.05) is 15.6 Å². The lowest BCUT2D eigenvalue weighted by Crippen LogP contribution is -2.27. The molecule has 0 heterocycles. The fourth-order valence-corrected chi connectivity index (χ4v) is 2.81. The monoisotopic (exact) mass is 229 g/mol. The molecule has 0 fully saturated rings. The van der Waals surface area contributed by atoms with E-state index in [9.17, 15) is 8.78 Å². The molecule has 1 aromatic rings. The smallest absolute Gasteiger partial charge is 0.129 e. The predicted octanol–water partition coefficient (Wildman–Crippen LogP) is 1.79. The number of halogens is 2. The first-order valence-corrected chi connectivity index (χ1v) is 7.14. The van der Waals surface area contributed by atoms with Crippen LogP contribution in [0.4, 0.5) is 8.78 Å². The molecular formula is C11H17F2NSi. The van der Waals surface area contributed by atoms with Crippen molar-refractivity contribution in [1.82, 2.24) is 0 Å². The van der Waals surface area contributed by atoms with Gasteiger partial charge in [-0.05, 0) is 30.1 Å². The van der Waals surface area contributed by atoms with Crippen molar-refractivity contribution < 1.29 is 8.78 Å². The molecule has 0 saturated heterocycles. The Morgan fingerprint density at radius 3 is 2.73 bits per heavy atom. The third kappa shape index (κ3) is 4.09. The second-order valence-corrected chi connectivity index (χ2v) is 6.45. The molecule has 1 atom stereocenters. The number of rotatable bonds is 5. The molecule has 0 aliphatic heterocycles. The fraction of sp³-hybridized carbons (Fsp3) is 0.455. The van der Waals surface area contributed by atoms with Crippen molar-refractivity contribution in [1.29, 1.82) is 0 Å². The van der Waals surface area contributed by atoms with Gasteiger partial charge in [0.2, 0.25) is 0 Å². The zero-order chi connectivity index (χ0) is 11.3. The van der Waals surface area contributed by atoms with Crippen molar-refractivity contribution in [2.24, 2.45) is 5.73 Å². The maximum Gasteiger partial charge on any atom is 0.129 e. The summed E-state index contributed by atoms with van der Waals surface area (Å²) < 4.78 is 25.8. The summed E-state index contributed by atoms with van der Waals surface area (Å²) in [4.78, 5) is 0. The van der Waals surface area contributed by atoms with Crippen LogP contribution in [0.5, 0.6) is 0 Å². The SMILES string of the molecule is CC[SiH2]C(N)CCc1ccc(F)cc1F. The zero-order valence-electron chi connectivity index (χ0n) is 8.97. The van der Waals surface area contributed by atoms with Crippen LogP contribution >= 0.6 is 0 Å². The molecule has 84 valence electrons. The lowest BCUT2D eigenvalue weighted by atomic mass is 10.1. The van der Waals surface area contributed by atoms with Crippen molar-refractivity contribution in [3.63, 3.8) is 0 Å². The van der Waals surface area contributed by atoms with Crippen LogP contribution in [0.2, 0.25) is 6.04 Å². The molecule has 2 N–H and O–H groups in total. The summed E-state index contributed by atoms with van der Waals surface area (Å²) in [5.41, 5.74) is 6.69. The van der Waals surface area contributed by atoms with Gasteiger partial charge in [-0.2, -0.15) is 0 Å². The zero-order valence-corrected chi connectivity index (χ0v) is 10.4. The number of nitrogens with two attached hydrogens (primary N) is 1. The van der Waals surface area contributed by atoms with Gasteiger partial charge in [0.1, 0.15) is 11.6 Å². The van der Waals surface area contributed by atoms with E-state index in [1.165, 1.54) is 18.2 Å². The molecule has 1 nitrogen and oxygen atoms in total. The van der Waals surface area contributed by atoms with E-state index in [2.05, 4.69) is 6.92 Å². The normalized spacial score (nSPS) is 13.6. The van der Waals surface area contributed by atoms with Crippen LogP contribution < -0.4 is 5.73 Å². The molecule has 1 rings (SSSR count). The predicted molar refractivity (Wildman–Crippen MR) is 61.7 cm³/mol.